The zero-order valence-electron chi connectivity index (χ0n) is 13.9. The standard InChI is InChI=1S/C19H13F3N4O/c20-19(21,22)16-6-1-4-14(12-16)5-2-9-23-18(27)15-7-8-17(24-13-15)26-11-3-10-25-26/h1,3-4,6-8,10-13H,9H2,(H,23,27). The minimum Gasteiger partial charge on any atom is -0.341 e. The van der Waals surface area contributed by atoms with Crippen LogP contribution < -0.4 is 5.32 Å². The number of carbonyl (C=O) groups is 1. The van der Waals surface area contributed by atoms with Gasteiger partial charge in [-0.3, -0.25) is 4.79 Å². The summed E-state index contributed by atoms with van der Waals surface area (Å²) in [6.45, 7) is -0.00398. The van der Waals surface area contributed by atoms with Gasteiger partial charge >= 0.3 is 6.18 Å². The molecule has 0 atom stereocenters. The molecule has 1 aromatic carbocycles. The van der Waals surface area contributed by atoms with Crippen molar-refractivity contribution in [3.8, 4) is 17.7 Å². The molecule has 0 spiro atoms. The minimum atomic E-state index is -4.42. The molecule has 1 amide bonds. The summed E-state index contributed by atoms with van der Waals surface area (Å²) < 4.78 is 39.5. The summed E-state index contributed by atoms with van der Waals surface area (Å²) in [4.78, 5) is 16.2. The van der Waals surface area contributed by atoms with Gasteiger partial charge in [-0.2, -0.15) is 18.3 Å². The lowest BCUT2D eigenvalue weighted by Crippen LogP contribution is -2.23. The van der Waals surface area contributed by atoms with Crippen LogP contribution in [0.2, 0.25) is 0 Å². The van der Waals surface area contributed by atoms with Crippen molar-refractivity contribution in [2.45, 2.75) is 6.18 Å². The predicted molar refractivity (Wildman–Crippen MR) is 92.0 cm³/mol. The largest absolute Gasteiger partial charge is 0.416 e. The molecule has 0 aliphatic rings. The van der Waals surface area contributed by atoms with Crippen LogP contribution in [0.25, 0.3) is 5.82 Å². The molecular weight excluding hydrogens is 357 g/mol. The monoisotopic (exact) mass is 370 g/mol. The first kappa shape index (κ1) is 18.2. The Morgan fingerprint density at radius 1 is 1.19 bits per heavy atom. The van der Waals surface area contributed by atoms with E-state index in [1.807, 2.05) is 0 Å². The lowest BCUT2D eigenvalue weighted by atomic mass is 10.1. The van der Waals surface area contributed by atoms with Crippen LogP contribution in [-0.2, 0) is 6.18 Å². The third kappa shape index (κ3) is 4.73. The highest BCUT2D eigenvalue weighted by Gasteiger charge is 2.30. The van der Waals surface area contributed by atoms with Gasteiger partial charge in [-0.1, -0.05) is 17.9 Å². The number of aromatic nitrogens is 3. The molecule has 27 heavy (non-hydrogen) atoms. The fourth-order valence-electron chi connectivity index (χ4n) is 2.21. The average molecular weight is 370 g/mol. The Morgan fingerprint density at radius 2 is 2.04 bits per heavy atom. The number of alkyl halides is 3. The summed E-state index contributed by atoms with van der Waals surface area (Å²) in [5.74, 6) is 5.42. The van der Waals surface area contributed by atoms with Gasteiger partial charge in [-0.15, -0.1) is 0 Å². The summed E-state index contributed by atoms with van der Waals surface area (Å²) in [6, 6.07) is 9.71. The van der Waals surface area contributed by atoms with Crippen LogP contribution in [0.3, 0.4) is 0 Å². The fraction of sp³-hybridized carbons (Fsp3) is 0.105. The van der Waals surface area contributed by atoms with Gasteiger partial charge in [-0.05, 0) is 36.4 Å². The van der Waals surface area contributed by atoms with E-state index in [9.17, 15) is 18.0 Å². The Bertz CT molecular complexity index is 984. The molecule has 0 fully saturated rings. The summed E-state index contributed by atoms with van der Waals surface area (Å²) in [5.41, 5.74) is -0.197. The van der Waals surface area contributed by atoms with Gasteiger partial charge in [-0.25, -0.2) is 9.67 Å². The molecule has 3 aromatic rings. The van der Waals surface area contributed by atoms with Gasteiger partial charge in [0, 0.05) is 24.2 Å². The van der Waals surface area contributed by atoms with Crippen molar-refractivity contribution in [2.24, 2.45) is 0 Å². The van der Waals surface area contributed by atoms with E-state index in [0.717, 1.165) is 12.1 Å². The summed E-state index contributed by atoms with van der Waals surface area (Å²) in [6.07, 6.45) is 0.338. The topological polar surface area (TPSA) is 59.8 Å². The molecule has 136 valence electrons. The number of halogens is 3. The third-order valence-corrected chi connectivity index (χ3v) is 3.51. The molecule has 0 aliphatic heterocycles. The number of benzene rings is 1. The molecule has 8 heteroatoms. The SMILES string of the molecule is O=C(NCC#Cc1cccc(C(F)(F)F)c1)c1ccc(-n2cccn2)nc1. The quantitative estimate of drug-likeness (QED) is 0.721. The van der Waals surface area contributed by atoms with Gasteiger partial charge in [0.1, 0.15) is 0 Å². The van der Waals surface area contributed by atoms with Gasteiger partial charge in [0.2, 0.25) is 0 Å². The molecule has 0 unspecified atom stereocenters. The maximum absolute atomic E-state index is 12.7. The highest BCUT2D eigenvalue weighted by atomic mass is 19.4. The lowest BCUT2D eigenvalue weighted by molar-refractivity contribution is -0.137. The highest BCUT2D eigenvalue weighted by Crippen LogP contribution is 2.29. The first-order chi connectivity index (χ1) is 12.9. The van der Waals surface area contributed by atoms with E-state index in [-0.39, 0.29) is 18.0 Å². The van der Waals surface area contributed by atoms with Gasteiger partial charge < -0.3 is 5.32 Å². The van der Waals surface area contributed by atoms with Crippen LogP contribution in [0.5, 0.6) is 0 Å². The van der Waals surface area contributed by atoms with E-state index in [1.165, 1.54) is 18.3 Å². The number of amides is 1. The van der Waals surface area contributed by atoms with Crippen molar-refractivity contribution in [1.82, 2.24) is 20.1 Å². The molecule has 2 aromatic heterocycles. The number of nitrogens with zero attached hydrogens (tertiary/aromatic N) is 3. The number of pyridine rings is 1. The van der Waals surface area contributed by atoms with Gasteiger partial charge in [0.15, 0.2) is 5.82 Å². The van der Waals surface area contributed by atoms with Crippen LogP contribution in [0.1, 0.15) is 21.5 Å². The second kappa shape index (κ2) is 7.74. The normalized spacial score (nSPS) is 10.8. The smallest absolute Gasteiger partial charge is 0.341 e. The van der Waals surface area contributed by atoms with Crippen molar-refractivity contribution in [1.29, 1.82) is 0 Å². The summed E-state index contributed by atoms with van der Waals surface area (Å²) in [7, 11) is 0. The number of carbonyl (C=O) groups excluding carboxylic acids is 1. The highest BCUT2D eigenvalue weighted by molar-refractivity contribution is 5.94. The van der Waals surface area contributed by atoms with Crippen LogP contribution in [0.15, 0.2) is 61.1 Å². The van der Waals surface area contributed by atoms with Crippen LogP contribution >= 0.6 is 0 Å². The predicted octanol–water partition coefficient (Wildman–Crippen LogP) is 3.07. The van der Waals surface area contributed by atoms with Crippen molar-refractivity contribution in [3.63, 3.8) is 0 Å². The van der Waals surface area contributed by atoms with Gasteiger partial charge in [0.05, 0.1) is 17.7 Å². The van der Waals surface area contributed by atoms with E-state index >= 15 is 0 Å². The Labute approximate surface area is 152 Å². The van der Waals surface area contributed by atoms with E-state index in [4.69, 9.17) is 0 Å². The molecule has 1 N–H and O–H groups in total. The molecule has 0 saturated heterocycles. The van der Waals surface area contributed by atoms with Crippen LogP contribution in [0, 0.1) is 11.8 Å². The summed E-state index contributed by atoms with van der Waals surface area (Å²) >= 11 is 0. The van der Waals surface area contributed by atoms with E-state index in [1.54, 1.807) is 35.3 Å². The van der Waals surface area contributed by atoms with E-state index in [0.29, 0.717) is 11.4 Å². The second-order valence-corrected chi connectivity index (χ2v) is 5.42. The first-order valence-corrected chi connectivity index (χ1v) is 7.84. The molecular formula is C19H13F3N4O. The number of hydrogen-bond acceptors (Lipinski definition) is 3. The van der Waals surface area contributed by atoms with E-state index < -0.39 is 11.7 Å². The molecule has 5 nitrogen and oxygen atoms in total. The minimum absolute atomic E-state index is 0.00398. The third-order valence-electron chi connectivity index (χ3n) is 3.51. The van der Waals surface area contributed by atoms with Gasteiger partial charge in [0.25, 0.3) is 5.91 Å². The number of rotatable bonds is 3. The van der Waals surface area contributed by atoms with Crippen molar-refractivity contribution >= 4 is 5.91 Å². The zero-order valence-corrected chi connectivity index (χ0v) is 13.9. The molecule has 0 bridgehead atoms. The molecule has 2 heterocycles. The van der Waals surface area contributed by atoms with Crippen molar-refractivity contribution < 1.29 is 18.0 Å². The Kier molecular flexibility index (Phi) is 5.22. The van der Waals surface area contributed by atoms with E-state index in [2.05, 4.69) is 27.2 Å². The second-order valence-electron chi connectivity index (χ2n) is 5.42. The first-order valence-electron chi connectivity index (χ1n) is 7.84. The Hall–Kier alpha value is -3.60. The van der Waals surface area contributed by atoms with Crippen molar-refractivity contribution in [2.75, 3.05) is 6.54 Å². The maximum Gasteiger partial charge on any atom is 0.416 e. The zero-order chi connectivity index (χ0) is 19.3. The molecule has 0 aliphatic carbocycles. The Balaban J connectivity index is 1.58. The fourth-order valence-corrected chi connectivity index (χ4v) is 2.21. The maximum atomic E-state index is 12.7. The Morgan fingerprint density at radius 3 is 2.70 bits per heavy atom. The molecule has 3 rings (SSSR count). The molecule has 0 saturated carbocycles. The van der Waals surface area contributed by atoms with Crippen LogP contribution in [-0.4, -0.2) is 27.2 Å². The number of hydrogen-bond donors (Lipinski definition) is 1. The number of nitrogens with one attached hydrogen (secondary N) is 1. The summed E-state index contributed by atoms with van der Waals surface area (Å²) in [5, 5.41) is 6.61. The lowest BCUT2D eigenvalue weighted by Gasteiger charge is -2.05. The average Bonchev–Trinajstić information content (AvgIpc) is 3.19. The van der Waals surface area contributed by atoms with Crippen LogP contribution in [0.4, 0.5) is 13.2 Å². The van der Waals surface area contributed by atoms with Crippen molar-refractivity contribution in [3.05, 3.63) is 77.7 Å². The molecule has 0 radical (unpaired) electrons.